The topological polar surface area (TPSA) is 118 Å². The summed E-state index contributed by atoms with van der Waals surface area (Å²) in [5.41, 5.74) is 7.01. The third-order valence-corrected chi connectivity index (χ3v) is 4.04. The Hall–Kier alpha value is -1.97. The van der Waals surface area contributed by atoms with Gasteiger partial charge in [-0.1, -0.05) is 0 Å². The van der Waals surface area contributed by atoms with Crippen LogP contribution in [0.25, 0.3) is 11.2 Å². The molecule has 5 N–H and O–H groups in total. The molecule has 9 nitrogen and oxygen atoms in total. The molecule has 9 heteroatoms. The molecule has 0 unspecified atom stereocenters. The third-order valence-electron chi connectivity index (χ3n) is 4.04. The molecule has 0 spiro atoms. The minimum absolute atomic E-state index is 0.220. The predicted molar refractivity (Wildman–Crippen MR) is 81.7 cm³/mol. The zero-order valence-electron chi connectivity index (χ0n) is 12.6. The molecule has 1 aliphatic rings. The minimum atomic E-state index is -0.870. The number of imidazole rings is 1. The van der Waals surface area contributed by atoms with Crippen molar-refractivity contribution < 1.29 is 15.1 Å². The van der Waals surface area contributed by atoms with Crippen molar-refractivity contribution in [2.45, 2.75) is 12.6 Å². The van der Waals surface area contributed by atoms with Gasteiger partial charge in [-0.2, -0.15) is 0 Å². The number of nitrogens with zero attached hydrogens (tertiary/aromatic N) is 5. The lowest BCUT2D eigenvalue weighted by Gasteiger charge is -2.31. The van der Waals surface area contributed by atoms with Crippen LogP contribution in [-0.4, -0.2) is 75.7 Å². The van der Waals surface area contributed by atoms with E-state index >= 15 is 0 Å². The number of aliphatic hydroxyl groups excluding tert-OH is 2. The molecular formula is C13H22N7O2+. The second-order valence-corrected chi connectivity index (χ2v) is 5.73. The van der Waals surface area contributed by atoms with Gasteiger partial charge in [0, 0.05) is 0 Å². The molecule has 0 saturated carbocycles. The lowest BCUT2D eigenvalue weighted by molar-refractivity contribution is -0.880. The minimum Gasteiger partial charge on any atom is -0.394 e. The maximum absolute atomic E-state index is 9.83. The Morgan fingerprint density at radius 2 is 2.09 bits per heavy atom. The Bertz CT molecular complexity index is 651. The molecule has 22 heavy (non-hydrogen) atoms. The number of rotatable bonds is 4. The number of hydrogen-bond donors (Lipinski definition) is 4. The number of piperazine rings is 1. The van der Waals surface area contributed by atoms with Gasteiger partial charge in [-0.3, -0.25) is 4.57 Å². The number of hydrogen-bond acceptors (Lipinski definition) is 7. The standard InChI is InChI=1S/C13H21N7O2/c1-18-2-4-19(5-3-18)13-17-10-11(14)15-8-16-12(10)20(13)6-9(22)7-21/h8-9,21-22H,2-7H2,1H3,(H2,14,15,16)/p+1/t9-/m0/s1. The summed E-state index contributed by atoms with van der Waals surface area (Å²) in [5.74, 6) is 1.05. The molecule has 1 fully saturated rings. The van der Waals surface area contributed by atoms with Gasteiger partial charge in [0.15, 0.2) is 17.0 Å². The Labute approximate surface area is 128 Å². The first kappa shape index (κ1) is 14.9. The Balaban J connectivity index is 2.03. The van der Waals surface area contributed by atoms with Crippen molar-refractivity contribution >= 4 is 22.9 Å². The second-order valence-electron chi connectivity index (χ2n) is 5.73. The fourth-order valence-electron chi connectivity index (χ4n) is 2.71. The number of likely N-dealkylation sites (N-methyl/N-ethyl adjacent to an activating group) is 1. The van der Waals surface area contributed by atoms with Gasteiger partial charge in [0.05, 0.1) is 52.5 Å². The first-order valence-electron chi connectivity index (χ1n) is 7.42. The normalized spacial score (nSPS) is 18.0. The fourth-order valence-corrected chi connectivity index (χ4v) is 2.71. The van der Waals surface area contributed by atoms with Gasteiger partial charge >= 0.3 is 0 Å². The third kappa shape index (κ3) is 2.70. The fraction of sp³-hybridized carbons (Fsp3) is 0.615. The van der Waals surface area contributed by atoms with Gasteiger partial charge in [-0.25, -0.2) is 15.0 Å². The summed E-state index contributed by atoms with van der Waals surface area (Å²) in [5, 5.41) is 19.0. The smallest absolute Gasteiger partial charge is 0.208 e. The first-order valence-corrected chi connectivity index (χ1v) is 7.42. The van der Waals surface area contributed by atoms with Crippen molar-refractivity contribution in [2.24, 2.45) is 0 Å². The molecule has 1 saturated heterocycles. The van der Waals surface area contributed by atoms with E-state index in [0.717, 1.165) is 32.1 Å². The lowest BCUT2D eigenvalue weighted by atomic mass is 10.3. The van der Waals surface area contributed by atoms with Crippen LogP contribution in [0.15, 0.2) is 6.33 Å². The second kappa shape index (κ2) is 6.03. The van der Waals surface area contributed by atoms with Gasteiger partial charge in [0.25, 0.3) is 0 Å². The van der Waals surface area contributed by atoms with Crippen molar-refractivity contribution in [1.82, 2.24) is 19.5 Å². The molecule has 0 aliphatic carbocycles. The van der Waals surface area contributed by atoms with Gasteiger partial charge in [-0.05, 0) is 0 Å². The van der Waals surface area contributed by atoms with Crippen LogP contribution >= 0.6 is 0 Å². The molecule has 1 aliphatic heterocycles. The number of nitrogen functional groups attached to an aromatic ring is 1. The van der Waals surface area contributed by atoms with Crippen LogP contribution < -0.4 is 15.5 Å². The highest BCUT2D eigenvalue weighted by Gasteiger charge is 2.25. The van der Waals surface area contributed by atoms with Crippen LogP contribution in [-0.2, 0) is 6.54 Å². The number of aliphatic hydroxyl groups is 2. The Morgan fingerprint density at radius 1 is 1.36 bits per heavy atom. The average Bonchev–Trinajstić information content (AvgIpc) is 2.88. The van der Waals surface area contributed by atoms with Crippen LogP contribution in [0, 0.1) is 0 Å². The molecule has 0 bridgehead atoms. The summed E-state index contributed by atoms with van der Waals surface area (Å²) in [6.45, 7) is 3.69. The van der Waals surface area contributed by atoms with Crippen LogP contribution in [0.1, 0.15) is 0 Å². The number of nitrogens with two attached hydrogens (primary N) is 1. The number of fused-ring (bicyclic) bond motifs is 1. The lowest BCUT2D eigenvalue weighted by Crippen LogP contribution is -3.12. The van der Waals surface area contributed by atoms with Crippen molar-refractivity contribution in [3.63, 3.8) is 0 Å². The monoisotopic (exact) mass is 308 g/mol. The van der Waals surface area contributed by atoms with E-state index in [-0.39, 0.29) is 13.2 Å². The molecule has 2 aromatic heterocycles. The maximum Gasteiger partial charge on any atom is 0.208 e. The van der Waals surface area contributed by atoms with Crippen LogP contribution in [0.5, 0.6) is 0 Å². The van der Waals surface area contributed by atoms with Gasteiger partial charge in [0.2, 0.25) is 5.95 Å². The van der Waals surface area contributed by atoms with Crippen molar-refractivity contribution in [3.05, 3.63) is 6.33 Å². The maximum atomic E-state index is 9.83. The van der Waals surface area contributed by atoms with E-state index in [1.54, 1.807) is 0 Å². The molecule has 1 atom stereocenters. The van der Waals surface area contributed by atoms with Crippen LogP contribution in [0.3, 0.4) is 0 Å². The molecule has 0 radical (unpaired) electrons. The van der Waals surface area contributed by atoms with E-state index in [0.29, 0.717) is 17.0 Å². The quantitative estimate of drug-likeness (QED) is 0.478. The summed E-state index contributed by atoms with van der Waals surface area (Å²) in [6, 6.07) is 0. The molecule has 0 amide bonds. The van der Waals surface area contributed by atoms with E-state index in [2.05, 4.69) is 26.9 Å². The van der Waals surface area contributed by atoms with Crippen molar-refractivity contribution in [1.29, 1.82) is 0 Å². The molecule has 3 rings (SSSR count). The number of quaternary nitrogens is 1. The first-order chi connectivity index (χ1) is 10.6. The van der Waals surface area contributed by atoms with E-state index in [4.69, 9.17) is 10.8 Å². The summed E-state index contributed by atoms with van der Waals surface area (Å²) < 4.78 is 1.81. The van der Waals surface area contributed by atoms with E-state index in [1.807, 2.05) is 4.57 Å². The highest BCUT2D eigenvalue weighted by molar-refractivity contribution is 5.84. The summed E-state index contributed by atoms with van der Waals surface area (Å²) in [6.07, 6.45) is 0.518. The molecule has 3 heterocycles. The summed E-state index contributed by atoms with van der Waals surface area (Å²) in [7, 11) is 2.17. The molecule has 0 aromatic carbocycles. The van der Waals surface area contributed by atoms with Gasteiger partial charge in [0.1, 0.15) is 6.33 Å². The largest absolute Gasteiger partial charge is 0.394 e. The van der Waals surface area contributed by atoms with E-state index in [1.165, 1.54) is 11.2 Å². The average molecular weight is 308 g/mol. The highest BCUT2D eigenvalue weighted by Crippen LogP contribution is 2.24. The number of nitrogens with one attached hydrogen (secondary N) is 1. The SMILES string of the molecule is C[NH+]1CCN(c2nc3c(N)ncnc3n2C[C@H](O)CO)CC1. The molecular weight excluding hydrogens is 286 g/mol. The van der Waals surface area contributed by atoms with Gasteiger partial charge in [-0.15, -0.1) is 0 Å². The zero-order valence-corrected chi connectivity index (χ0v) is 12.6. The van der Waals surface area contributed by atoms with Crippen LogP contribution in [0.4, 0.5) is 11.8 Å². The highest BCUT2D eigenvalue weighted by atomic mass is 16.3. The summed E-state index contributed by atoms with van der Waals surface area (Å²) >= 11 is 0. The Kier molecular flexibility index (Phi) is 4.10. The van der Waals surface area contributed by atoms with E-state index < -0.39 is 6.10 Å². The summed E-state index contributed by atoms with van der Waals surface area (Å²) in [4.78, 5) is 16.4. The van der Waals surface area contributed by atoms with Crippen molar-refractivity contribution in [3.8, 4) is 0 Å². The van der Waals surface area contributed by atoms with Crippen molar-refractivity contribution in [2.75, 3.05) is 50.5 Å². The molecule has 2 aromatic rings. The Morgan fingerprint density at radius 3 is 2.77 bits per heavy atom. The van der Waals surface area contributed by atoms with E-state index in [9.17, 15) is 5.11 Å². The number of aromatic nitrogens is 4. The van der Waals surface area contributed by atoms with Gasteiger partial charge < -0.3 is 25.7 Å². The molecule has 120 valence electrons. The zero-order chi connectivity index (χ0) is 15.7. The van der Waals surface area contributed by atoms with Crippen LogP contribution in [0.2, 0.25) is 0 Å². The predicted octanol–water partition coefficient (Wildman–Crippen LogP) is -2.90. The number of anilines is 2.